The molecule has 0 N–H and O–H groups in total. The first kappa shape index (κ1) is 18.1. The van der Waals surface area contributed by atoms with Crippen LogP contribution in [0, 0.1) is 0 Å². The van der Waals surface area contributed by atoms with Crippen molar-refractivity contribution in [1.29, 1.82) is 0 Å². The van der Waals surface area contributed by atoms with Gasteiger partial charge in [0.1, 0.15) is 0 Å². The summed E-state index contributed by atoms with van der Waals surface area (Å²) in [6.45, 7) is 4.46. The molecule has 0 aromatic heterocycles. The van der Waals surface area contributed by atoms with Crippen molar-refractivity contribution in [2.24, 2.45) is 0 Å². The third-order valence-corrected chi connectivity index (χ3v) is 5.11. The summed E-state index contributed by atoms with van der Waals surface area (Å²) in [5.74, 6) is 0.791. The van der Waals surface area contributed by atoms with E-state index in [0.717, 1.165) is 29.5 Å². The minimum absolute atomic E-state index is 0.204. The molecule has 0 aliphatic rings. The molecule has 132 valence electrons. The van der Waals surface area contributed by atoms with E-state index in [-0.39, 0.29) is 5.78 Å². The highest BCUT2D eigenvalue weighted by atomic mass is 16.1. The molecule has 1 nitrogen and oxygen atoms in total. The first-order valence-electron chi connectivity index (χ1n) is 9.45. The largest absolute Gasteiger partial charge is 0.294 e. The normalized spacial score (nSPS) is 11.9. The Hall–Kier alpha value is -2.67. The van der Waals surface area contributed by atoms with E-state index in [1.165, 1.54) is 11.1 Å². The van der Waals surface area contributed by atoms with Crippen LogP contribution < -0.4 is 0 Å². The molecule has 0 radical (unpaired) electrons. The smallest absolute Gasteiger partial charge is 0.163 e. The molecule has 0 fully saturated rings. The SMILES string of the molecule is CCC(C)c1ccc(CCC(=O)c2ccccc2-c2ccccc2)cc1. The average Bonchev–Trinajstić information content (AvgIpc) is 2.72. The number of rotatable bonds is 7. The molecule has 0 amide bonds. The molecule has 0 spiro atoms. The van der Waals surface area contributed by atoms with Crippen molar-refractivity contribution in [1.82, 2.24) is 0 Å². The molecule has 0 aliphatic carbocycles. The van der Waals surface area contributed by atoms with E-state index in [1.54, 1.807) is 0 Å². The Bertz CT molecular complexity index is 847. The number of aryl methyl sites for hydroxylation is 1. The van der Waals surface area contributed by atoms with E-state index in [1.807, 2.05) is 42.5 Å². The fourth-order valence-corrected chi connectivity index (χ4v) is 3.24. The molecule has 3 aromatic carbocycles. The molecule has 0 saturated heterocycles. The minimum Gasteiger partial charge on any atom is -0.294 e. The van der Waals surface area contributed by atoms with Crippen molar-refractivity contribution < 1.29 is 4.79 Å². The van der Waals surface area contributed by atoms with Gasteiger partial charge in [-0.15, -0.1) is 0 Å². The first-order chi connectivity index (χ1) is 12.7. The van der Waals surface area contributed by atoms with Crippen LogP contribution in [0.15, 0.2) is 78.9 Å². The van der Waals surface area contributed by atoms with E-state index >= 15 is 0 Å². The van der Waals surface area contributed by atoms with Crippen molar-refractivity contribution in [3.63, 3.8) is 0 Å². The second-order valence-electron chi connectivity index (χ2n) is 6.89. The van der Waals surface area contributed by atoms with Crippen molar-refractivity contribution in [2.75, 3.05) is 0 Å². The van der Waals surface area contributed by atoms with Gasteiger partial charge in [0, 0.05) is 12.0 Å². The number of benzene rings is 3. The lowest BCUT2D eigenvalue weighted by molar-refractivity contribution is 0.0983. The monoisotopic (exact) mass is 342 g/mol. The fourth-order valence-electron chi connectivity index (χ4n) is 3.24. The molecule has 0 bridgehead atoms. The van der Waals surface area contributed by atoms with Gasteiger partial charge in [-0.1, -0.05) is 92.7 Å². The quantitative estimate of drug-likeness (QED) is 0.437. The summed E-state index contributed by atoms with van der Waals surface area (Å²) in [5.41, 5.74) is 5.52. The summed E-state index contributed by atoms with van der Waals surface area (Å²) in [7, 11) is 0. The lowest BCUT2D eigenvalue weighted by Gasteiger charge is -2.11. The minimum atomic E-state index is 0.204. The van der Waals surface area contributed by atoms with Gasteiger partial charge in [0.05, 0.1) is 0 Å². The van der Waals surface area contributed by atoms with Gasteiger partial charge in [0.25, 0.3) is 0 Å². The van der Waals surface area contributed by atoms with Gasteiger partial charge in [0.15, 0.2) is 5.78 Å². The Morgan fingerprint density at radius 3 is 2.19 bits per heavy atom. The van der Waals surface area contributed by atoms with Crippen LogP contribution in [0.4, 0.5) is 0 Å². The zero-order chi connectivity index (χ0) is 18.4. The first-order valence-corrected chi connectivity index (χ1v) is 9.45. The number of Topliss-reactive ketones (excluding diaryl/α,β-unsaturated/α-hetero) is 1. The van der Waals surface area contributed by atoms with Gasteiger partial charge in [-0.3, -0.25) is 4.79 Å². The van der Waals surface area contributed by atoms with Crippen molar-refractivity contribution in [3.05, 3.63) is 95.6 Å². The number of carbonyl (C=O) groups excluding carboxylic acids is 1. The second kappa shape index (κ2) is 8.62. The number of ketones is 1. The molecule has 0 heterocycles. The second-order valence-corrected chi connectivity index (χ2v) is 6.89. The molecular formula is C25H26O. The lowest BCUT2D eigenvalue weighted by atomic mass is 9.93. The van der Waals surface area contributed by atoms with Crippen LogP contribution in [0.25, 0.3) is 11.1 Å². The predicted octanol–water partition coefficient (Wildman–Crippen LogP) is 6.68. The summed E-state index contributed by atoms with van der Waals surface area (Å²) >= 11 is 0. The topological polar surface area (TPSA) is 17.1 Å². The van der Waals surface area contributed by atoms with Crippen LogP contribution in [-0.4, -0.2) is 5.78 Å². The Balaban J connectivity index is 1.71. The molecule has 26 heavy (non-hydrogen) atoms. The molecule has 3 rings (SSSR count). The Morgan fingerprint density at radius 1 is 0.846 bits per heavy atom. The van der Waals surface area contributed by atoms with Gasteiger partial charge >= 0.3 is 0 Å². The maximum absolute atomic E-state index is 12.8. The molecule has 1 heteroatoms. The van der Waals surface area contributed by atoms with E-state index in [0.29, 0.717) is 12.3 Å². The standard InChI is InChI=1S/C25H26O/c1-3-19(2)21-16-13-20(14-17-21)15-18-25(26)24-12-8-7-11-23(24)22-9-5-4-6-10-22/h4-14,16-17,19H,3,15,18H2,1-2H3. The van der Waals surface area contributed by atoms with Gasteiger partial charge < -0.3 is 0 Å². The zero-order valence-electron chi connectivity index (χ0n) is 15.6. The van der Waals surface area contributed by atoms with Gasteiger partial charge in [-0.2, -0.15) is 0 Å². The Kier molecular flexibility index (Phi) is 6.01. The summed E-state index contributed by atoms with van der Waals surface area (Å²) in [5, 5.41) is 0. The average molecular weight is 342 g/mol. The molecule has 3 aromatic rings. The fraction of sp³-hybridized carbons (Fsp3) is 0.240. The molecule has 1 atom stereocenters. The maximum atomic E-state index is 12.8. The highest BCUT2D eigenvalue weighted by Gasteiger charge is 2.12. The number of hydrogen-bond donors (Lipinski definition) is 0. The molecule has 1 unspecified atom stereocenters. The van der Waals surface area contributed by atoms with Crippen LogP contribution in [-0.2, 0) is 6.42 Å². The highest BCUT2D eigenvalue weighted by molar-refractivity contribution is 6.02. The van der Waals surface area contributed by atoms with Crippen LogP contribution in [0.1, 0.15) is 54.1 Å². The molecular weight excluding hydrogens is 316 g/mol. The van der Waals surface area contributed by atoms with Crippen molar-refractivity contribution in [3.8, 4) is 11.1 Å². The van der Waals surface area contributed by atoms with Crippen LogP contribution in [0.2, 0.25) is 0 Å². The van der Waals surface area contributed by atoms with Crippen LogP contribution in [0.3, 0.4) is 0 Å². The van der Waals surface area contributed by atoms with E-state index in [9.17, 15) is 4.79 Å². The summed E-state index contributed by atoms with van der Waals surface area (Å²) in [6, 6.07) is 26.8. The van der Waals surface area contributed by atoms with Crippen LogP contribution >= 0.6 is 0 Å². The number of hydrogen-bond acceptors (Lipinski definition) is 1. The summed E-state index contributed by atoms with van der Waals surface area (Å²) < 4.78 is 0. The Labute approximate surface area is 156 Å². The van der Waals surface area contributed by atoms with Crippen molar-refractivity contribution >= 4 is 5.78 Å². The lowest BCUT2D eigenvalue weighted by Crippen LogP contribution is -2.03. The maximum Gasteiger partial charge on any atom is 0.163 e. The third-order valence-electron chi connectivity index (χ3n) is 5.11. The van der Waals surface area contributed by atoms with E-state index in [4.69, 9.17) is 0 Å². The number of carbonyl (C=O) groups is 1. The summed E-state index contributed by atoms with van der Waals surface area (Å²) in [6.07, 6.45) is 2.46. The van der Waals surface area contributed by atoms with Gasteiger partial charge in [-0.25, -0.2) is 0 Å². The third kappa shape index (κ3) is 4.29. The Morgan fingerprint density at radius 2 is 1.50 bits per heavy atom. The van der Waals surface area contributed by atoms with Gasteiger partial charge in [0.2, 0.25) is 0 Å². The zero-order valence-corrected chi connectivity index (χ0v) is 15.6. The van der Waals surface area contributed by atoms with E-state index in [2.05, 4.69) is 50.2 Å². The van der Waals surface area contributed by atoms with Gasteiger partial charge in [-0.05, 0) is 41.0 Å². The molecule has 0 aliphatic heterocycles. The summed E-state index contributed by atoms with van der Waals surface area (Å²) in [4.78, 5) is 12.8. The predicted molar refractivity (Wildman–Crippen MR) is 110 cm³/mol. The van der Waals surface area contributed by atoms with Crippen LogP contribution in [0.5, 0.6) is 0 Å². The van der Waals surface area contributed by atoms with E-state index < -0.39 is 0 Å². The highest BCUT2D eigenvalue weighted by Crippen LogP contribution is 2.25. The van der Waals surface area contributed by atoms with Crippen molar-refractivity contribution in [2.45, 2.75) is 39.0 Å². The molecule has 0 saturated carbocycles.